The van der Waals surface area contributed by atoms with Crippen LogP contribution in [0.4, 0.5) is 0 Å². The van der Waals surface area contributed by atoms with Gasteiger partial charge in [-0.15, -0.1) is 23.5 Å². The van der Waals surface area contributed by atoms with E-state index in [2.05, 4.69) is 82.8 Å². The molecule has 3 aliphatic rings. The molecule has 1 saturated heterocycles. The summed E-state index contributed by atoms with van der Waals surface area (Å²) in [6.45, 7) is 19.8. The van der Waals surface area contributed by atoms with Crippen molar-refractivity contribution in [3.05, 3.63) is 51.2 Å². The molecular weight excluding hydrogens is 672 g/mol. The second-order valence-electron chi connectivity index (χ2n) is 14.3. The van der Waals surface area contributed by atoms with E-state index in [1.807, 2.05) is 0 Å². The second-order valence-corrected chi connectivity index (χ2v) is 21.4. The van der Waals surface area contributed by atoms with E-state index in [4.69, 9.17) is 4.74 Å². The van der Waals surface area contributed by atoms with E-state index in [9.17, 15) is 10.2 Å². The Kier molecular flexibility index (Phi) is 18.9. The first-order valence-electron chi connectivity index (χ1n) is 17.2. The summed E-state index contributed by atoms with van der Waals surface area (Å²) in [4.78, 5) is 1.94. The Morgan fingerprint density at radius 1 is 0.652 bits per heavy atom. The molecule has 0 amide bonds. The van der Waals surface area contributed by atoms with E-state index in [0.717, 1.165) is 64.9 Å². The number of ether oxygens (including phenoxy) is 1. The van der Waals surface area contributed by atoms with Crippen LogP contribution in [0.5, 0.6) is 11.5 Å². The van der Waals surface area contributed by atoms with Crippen molar-refractivity contribution in [2.75, 3.05) is 18.3 Å². The van der Waals surface area contributed by atoms with Gasteiger partial charge in [-0.25, -0.2) is 0 Å². The average molecular weight is 732 g/mol. The quantitative estimate of drug-likeness (QED) is 0.161. The van der Waals surface area contributed by atoms with Gasteiger partial charge in [0.2, 0.25) is 0 Å². The Labute approximate surface area is 312 Å². The number of phenols is 2. The summed E-state index contributed by atoms with van der Waals surface area (Å²) < 4.78 is 9.43. The van der Waals surface area contributed by atoms with Gasteiger partial charge in [0, 0.05) is 55.3 Å². The van der Waals surface area contributed by atoms with Gasteiger partial charge < -0.3 is 19.6 Å². The van der Waals surface area contributed by atoms with Crippen molar-refractivity contribution >= 4 is 41.4 Å². The van der Waals surface area contributed by atoms with Gasteiger partial charge >= 0.3 is 0 Å². The molecule has 4 nitrogen and oxygen atoms in total. The maximum atomic E-state index is 11.2. The molecule has 5 rings (SSSR count). The van der Waals surface area contributed by atoms with Crippen LogP contribution in [0.3, 0.4) is 0 Å². The minimum absolute atomic E-state index is 0. The summed E-state index contributed by atoms with van der Waals surface area (Å²) in [5.41, 5.74) is 4.84. The van der Waals surface area contributed by atoms with Crippen molar-refractivity contribution in [3.8, 4) is 11.5 Å². The molecule has 46 heavy (non-hydrogen) atoms. The van der Waals surface area contributed by atoms with Crippen LogP contribution in [-0.2, 0) is 41.4 Å². The Hall–Kier alpha value is -0.0361. The number of thioether (sulfide) groups is 2. The van der Waals surface area contributed by atoms with Crippen molar-refractivity contribution in [3.63, 3.8) is 0 Å². The number of hydrogen-bond donors (Lipinski definition) is 2. The van der Waals surface area contributed by atoms with E-state index in [1.54, 1.807) is 23.5 Å². The van der Waals surface area contributed by atoms with Crippen LogP contribution in [0.1, 0.15) is 113 Å². The molecular formula is C37H60NO3S2ScSi2-. The number of rotatable bonds is 8. The van der Waals surface area contributed by atoms with Crippen LogP contribution in [0, 0.1) is 13.8 Å². The van der Waals surface area contributed by atoms with Crippen LogP contribution >= 0.6 is 23.5 Å². The molecule has 2 aliphatic carbocycles. The van der Waals surface area contributed by atoms with E-state index in [1.165, 1.54) is 62.5 Å². The number of aromatic hydroxyl groups is 2. The molecule has 3 radical (unpaired) electrons. The molecule has 2 aromatic rings. The van der Waals surface area contributed by atoms with Gasteiger partial charge in [-0.2, -0.15) is 0 Å². The fourth-order valence-corrected chi connectivity index (χ4v) is 12.8. The molecule has 3 fully saturated rings. The van der Waals surface area contributed by atoms with Crippen molar-refractivity contribution < 1.29 is 40.8 Å². The smallest absolute Gasteiger partial charge is 0.132 e. The van der Waals surface area contributed by atoms with Gasteiger partial charge in [-0.3, -0.25) is 0 Å². The molecule has 9 heteroatoms. The molecule has 1 heterocycles. The Balaban J connectivity index is 0.000000477. The molecule has 0 atom stereocenters. The van der Waals surface area contributed by atoms with E-state index in [-0.39, 0.29) is 54.6 Å². The molecule has 1 aliphatic heterocycles. The fraction of sp³-hybridized carbons (Fsp3) is 0.676. The fourth-order valence-electron chi connectivity index (χ4n) is 6.95. The number of phenolic OH excluding ortho intramolecular Hbond substituents is 2. The minimum atomic E-state index is -0.264. The predicted molar refractivity (Wildman–Crippen MR) is 202 cm³/mol. The van der Waals surface area contributed by atoms with Crippen LogP contribution in [0.25, 0.3) is 4.65 Å². The Morgan fingerprint density at radius 3 is 1.30 bits per heavy atom. The van der Waals surface area contributed by atoms with Crippen LogP contribution in [0.15, 0.2) is 34.1 Å². The summed E-state index contributed by atoms with van der Waals surface area (Å²) >= 11 is 3.38. The molecule has 0 aromatic heterocycles. The van der Waals surface area contributed by atoms with E-state index >= 15 is 0 Å². The van der Waals surface area contributed by atoms with Gasteiger partial charge in [0.1, 0.15) is 11.5 Å². The summed E-state index contributed by atoms with van der Waals surface area (Å²) in [6, 6.07) is 8.62. The Morgan fingerprint density at radius 2 is 1.02 bits per heavy atom. The van der Waals surface area contributed by atoms with Crippen LogP contribution in [0.2, 0.25) is 26.2 Å². The summed E-state index contributed by atoms with van der Waals surface area (Å²) in [6.07, 6.45) is 14.8. The summed E-state index contributed by atoms with van der Waals surface area (Å²) in [7, 11) is -0.528. The third-order valence-corrected chi connectivity index (χ3v) is 15.1. The zero-order valence-corrected chi connectivity index (χ0v) is 35.5. The molecule has 2 saturated carbocycles. The van der Waals surface area contributed by atoms with Crippen LogP contribution in [-0.4, -0.2) is 46.4 Å². The normalized spacial score (nSPS) is 18.7. The van der Waals surface area contributed by atoms with Gasteiger partial charge in [0.15, 0.2) is 0 Å². The van der Waals surface area contributed by atoms with Crippen molar-refractivity contribution in [1.29, 1.82) is 0 Å². The van der Waals surface area contributed by atoms with Gasteiger partial charge in [-0.05, 0) is 86.5 Å². The first kappa shape index (κ1) is 42.1. The van der Waals surface area contributed by atoms with E-state index in [0.29, 0.717) is 11.5 Å². The number of hydrogen-bond acceptors (Lipinski definition) is 5. The topological polar surface area (TPSA) is 63.8 Å². The van der Waals surface area contributed by atoms with Crippen molar-refractivity contribution in [2.24, 2.45) is 0 Å². The van der Waals surface area contributed by atoms with Gasteiger partial charge in [-0.1, -0.05) is 109 Å². The first-order valence-corrected chi connectivity index (χ1v) is 24.0. The average Bonchev–Trinajstić information content (AvgIpc) is 3.57. The molecule has 2 aromatic carbocycles. The maximum Gasteiger partial charge on any atom is 0.132 e. The molecule has 0 unspecified atom stereocenters. The Bertz CT molecular complexity index is 1100. The largest absolute Gasteiger partial charge is 0.673 e. The van der Waals surface area contributed by atoms with Crippen molar-refractivity contribution in [1.82, 2.24) is 0 Å². The molecule has 0 bridgehead atoms. The molecule has 0 spiro atoms. The summed E-state index contributed by atoms with van der Waals surface area (Å²) in [5.74, 6) is 0.943. The maximum absolute atomic E-state index is 11.2. The standard InChI is InChI=1S/C29H40O2S2.C4H12NSi2.C4H8O.Sc/c1-20-15-22(28(3)11-7-5-8-12-28)26(30)24(17-20)32-19-33-25-18-21(2)16-23(27(25)31)29(4)13-9-6-10-14-29;1-6(2)5-7(3)4;1-2-4-5-3-1;/h15-18,30-31H,5-14,19H2,1-4H3;1-4H3;1-4H2;/q;-1;;. The van der Waals surface area contributed by atoms with Gasteiger partial charge in [0.05, 0.1) is 9.79 Å². The third-order valence-electron chi connectivity index (χ3n) is 9.36. The minimum Gasteiger partial charge on any atom is -0.673 e. The summed E-state index contributed by atoms with van der Waals surface area (Å²) in [5, 5.41) is 23.2. The predicted octanol–water partition coefficient (Wildman–Crippen LogP) is 11.7. The number of aryl methyl sites for hydroxylation is 2. The molecule has 255 valence electrons. The number of benzene rings is 2. The zero-order chi connectivity index (χ0) is 33.0. The first-order chi connectivity index (χ1) is 21.3. The molecule has 2 N–H and O–H groups in total. The SMILES string of the molecule is C1CCOC1.C[Si](C)[N-][Si](C)C.Cc1cc(SCSc2cc(C)cc(C3(C)CCCCC3)c2O)c(O)c(C2(C)CCCCC2)c1.[Sc]. The third kappa shape index (κ3) is 13.0. The van der Waals surface area contributed by atoms with E-state index < -0.39 is 0 Å². The second kappa shape index (κ2) is 20.6. The van der Waals surface area contributed by atoms with Crippen LogP contribution < -0.4 is 0 Å². The monoisotopic (exact) mass is 731 g/mol. The van der Waals surface area contributed by atoms with Crippen molar-refractivity contribution in [2.45, 2.75) is 152 Å². The zero-order valence-electron chi connectivity index (χ0n) is 30.1. The number of nitrogens with zero attached hydrogens (tertiary/aromatic N) is 1. The van der Waals surface area contributed by atoms with Gasteiger partial charge in [0.25, 0.3) is 0 Å².